The third kappa shape index (κ3) is 5.18. The molecule has 6 heteroatoms. The number of hydrogen-bond donors (Lipinski definition) is 0. The van der Waals surface area contributed by atoms with Crippen LogP contribution in [0.5, 0.6) is 0 Å². The Kier molecular flexibility index (Phi) is 7.12. The molecular formula is C30H31FN4O. The number of carbonyl (C=O) groups excluding carboxylic acids is 1. The molecule has 1 aromatic heterocycles. The normalized spacial score (nSPS) is 18.1. The molecule has 1 fully saturated rings. The van der Waals surface area contributed by atoms with Crippen LogP contribution in [-0.4, -0.2) is 53.4 Å². The number of benzene rings is 2. The lowest BCUT2D eigenvalue weighted by atomic mass is 9.87. The van der Waals surface area contributed by atoms with Crippen molar-refractivity contribution in [2.75, 3.05) is 37.6 Å². The summed E-state index contributed by atoms with van der Waals surface area (Å²) in [5.41, 5.74) is 4.20. The predicted octanol–water partition coefficient (Wildman–Crippen LogP) is 5.29. The highest BCUT2D eigenvalue weighted by atomic mass is 19.1. The first-order chi connectivity index (χ1) is 17.6. The quantitative estimate of drug-likeness (QED) is 0.479. The topological polar surface area (TPSA) is 39.7 Å². The maximum atomic E-state index is 13.6. The van der Waals surface area contributed by atoms with Gasteiger partial charge in [0.05, 0.1) is 0 Å². The lowest BCUT2D eigenvalue weighted by Crippen LogP contribution is -2.51. The zero-order chi connectivity index (χ0) is 24.9. The van der Waals surface area contributed by atoms with E-state index in [1.165, 1.54) is 12.1 Å². The highest BCUT2D eigenvalue weighted by Gasteiger charge is 2.27. The van der Waals surface area contributed by atoms with Gasteiger partial charge in [-0.15, -0.1) is 0 Å². The number of halogens is 1. The Morgan fingerprint density at radius 2 is 1.64 bits per heavy atom. The van der Waals surface area contributed by atoms with E-state index in [2.05, 4.69) is 46.1 Å². The van der Waals surface area contributed by atoms with Crippen LogP contribution in [0.25, 0.3) is 11.3 Å². The Morgan fingerprint density at radius 3 is 2.31 bits per heavy atom. The average Bonchev–Trinajstić information content (AvgIpc) is 2.94. The van der Waals surface area contributed by atoms with Gasteiger partial charge < -0.3 is 14.7 Å². The number of hydrogen-bond acceptors (Lipinski definition) is 4. The molecule has 1 atom stereocenters. The van der Waals surface area contributed by atoms with E-state index in [1.54, 1.807) is 6.20 Å². The van der Waals surface area contributed by atoms with Crippen molar-refractivity contribution >= 4 is 23.0 Å². The molecule has 2 aliphatic rings. The molecule has 184 valence electrons. The van der Waals surface area contributed by atoms with Gasteiger partial charge >= 0.3 is 0 Å². The number of carbonyl (C=O) groups is 1. The number of piperazine rings is 1. The van der Waals surface area contributed by atoms with Crippen LogP contribution >= 0.6 is 0 Å². The molecule has 0 radical (unpaired) electrons. The Morgan fingerprint density at radius 1 is 0.917 bits per heavy atom. The fraction of sp³-hybridized carbons (Fsp3) is 0.267. The summed E-state index contributed by atoms with van der Waals surface area (Å²) in [7, 11) is 0. The number of aromatic nitrogens is 1. The van der Waals surface area contributed by atoms with E-state index in [-0.39, 0.29) is 24.2 Å². The van der Waals surface area contributed by atoms with E-state index in [4.69, 9.17) is 0 Å². The largest absolute Gasteiger partial charge is 0.353 e. The van der Waals surface area contributed by atoms with E-state index in [0.29, 0.717) is 13.1 Å². The summed E-state index contributed by atoms with van der Waals surface area (Å²) in [5, 5.41) is 0. The summed E-state index contributed by atoms with van der Waals surface area (Å²) in [5.74, 6) is 0.981. The average molecular weight is 483 g/mol. The summed E-state index contributed by atoms with van der Waals surface area (Å²) in [4.78, 5) is 24.1. The Hall–Kier alpha value is -3.93. The van der Waals surface area contributed by atoms with Crippen LogP contribution in [0.1, 0.15) is 24.5 Å². The zero-order valence-corrected chi connectivity index (χ0v) is 20.6. The molecule has 3 aromatic rings. The number of amides is 1. The lowest BCUT2D eigenvalue weighted by molar-refractivity contribution is -0.131. The predicted molar refractivity (Wildman–Crippen MR) is 142 cm³/mol. The first-order valence-corrected chi connectivity index (χ1v) is 12.6. The third-order valence-electron chi connectivity index (χ3n) is 6.96. The Labute approximate surface area is 212 Å². The first kappa shape index (κ1) is 23.8. The highest BCUT2D eigenvalue weighted by molar-refractivity contribution is 5.84. The molecule has 36 heavy (non-hydrogen) atoms. The van der Waals surface area contributed by atoms with Crippen LogP contribution < -0.4 is 4.90 Å². The molecule has 5 nitrogen and oxygen atoms in total. The molecule has 3 heterocycles. The minimum atomic E-state index is -0.249. The standard InChI is InChI=1S/C30H31FN4O/c1-2-23-20-28(25-8-4-3-5-9-25)35(21-27(23)24-11-13-26(31)14-12-24)22-30(36)34-18-16-33(17-19-34)29-10-6-7-15-32-29/h3-15,20-21,23H,2,16-19,22H2,1H3. The Balaban J connectivity index is 1.37. The van der Waals surface area contributed by atoms with Gasteiger partial charge in [0.1, 0.15) is 18.2 Å². The van der Waals surface area contributed by atoms with Gasteiger partial charge in [0.2, 0.25) is 5.91 Å². The molecule has 0 saturated carbocycles. The van der Waals surface area contributed by atoms with Crippen LogP contribution in [0.2, 0.25) is 0 Å². The van der Waals surface area contributed by atoms with Crippen molar-refractivity contribution in [2.45, 2.75) is 13.3 Å². The van der Waals surface area contributed by atoms with Gasteiger partial charge in [-0.2, -0.15) is 0 Å². The van der Waals surface area contributed by atoms with Crippen LogP contribution in [0.3, 0.4) is 0 Å². The second kappa shape index (κ2) is 10.8. The van der Waals surface area contributed by atoms with Gasteiger partial charge in [0.25, 0.3) is 0 Å². The maximum Gasteiger partial charge on any atom is 0.242 e. The van der Waals surface area contributed by atoms with Crippen molar-refractivity contribution in [3.05, 3.63) is 108 Å². The number of anilines is 1. The van der Waals surface area contributed by atoms with E-state index in [9.17, 15) is 9.18 Å². The second-order valence-electron chi connectivity index (χ2n) is 9.21. The van der Waals surface area contributed by atoms with E-state index >= 15 is 0 Å². The molecule has 1 amide bonds. The molecule has 2 aliphatic heterocycles. The van der Waals surface area contributed by atoms with Crippen LogP contribution in [-0.2, 0) is 4.79 Å². The minimum absolute atomic E-state index is 0.0992. The van der Waals surface area contributed by atoms with Crippen molar-refractivity contribution in [1.29, 1.82) is 0 Å². The highest BCUT2D eigenvalue weighted by Crippen LogP contribution is 2.37. The molecule has 1 unspecified atom stereocenters. The van der Waals surface area contributed by atoms with Crippen molar-refractivity contribution < 1.29 is 9.18 Å². The van der Waals surface area contributed by atoms with E-state index in [0.717, 1.165) is 47.7 Å². The van der Waals surface area contributed by atoms with Crippen molar-refractivity contribution in [2.24, 2.45) is 5.92 Å². The molecule has 0 aliphatic carbocycles. The number of allylic oxidation sites excluding steroid dienone is 2. The van der Waals surface area contributed by atoms with Gasteiger partial charge in [0, 0.05) is 50.2 Å². The van der Waals surface area contributed by atoms with Crippen LogP contribution in [0, 0.1) is 11.7 Å². The number of nitrogens with zero attached hydrogens (tertiary/aromatic N) is 4. The molecule has 0 N–H and O–H groups in total. The van der Waals surface area contributed by atoms with Crippen molar-refractivity contribution in [1.82, 2.24) is 14.8 Å². The van der Waals surface area contributed by atoms with Crippen LogP contribution in [0.15, 0.2) is 91.3 Å². The maximum absolute atomic E-state index is 13.6. The SMILES string of the molecule is CCC1C=C(c2ccccc2)N(CC(=O)N2CCN(c3ccccn3)CC2)C=C1c1ccc(F)cc1. The fourth-order valence-corrected chi connectivity index (χ4v) is 4.95. The first-order valence-electron chi connectivity index (χ1n) is 12.6. The summed E-state index contributed by atoms with van der Waals surface area (Å²) >= 11 is 0. The van der Waals surface area contributed by atoms with Gasteiger partial charge in [-0.1, -0.05) is 61.5 Å². The second-order valence-corrected chi connectivity index (χ2v) is 9.21. The molecule has 2 aromatic carbocycles. The molecule has 1 saturated heterocycles. The van der Waals surface area contributed by atoms with Gasteiger partial charge in [-0.25, -0.2) is 9.37 Å². The third-order valence-corrected chi connectivity index (χ3v) is 6.96. The monoisotopic (exact) mass is 482 g/mol. The lowest BCUT2D eigenvalue weighted by Gasteiger charge is -2.37. The smallest absolute Gasteiger partial charge is 0.242 e. The number of rotatable bonds is 6. The van der Waals surface area contributed by atoms with E-state index < -0.39 is 0 Å². The van der Waals surface area contributed by atoms with Crippen molar-refractivity contribution in [3.63, 3.8) is 0 Å². The summed E-state index contributed by atoms with van der Waals surface area (Å²) < 4.78 is 13.6. The van der Waals surface area contributed by atoms with E-state index in [1.807, 2.05) is 53.4 Å². The number of pyridine rings is 1. The van der Waals surface area contributed by atoms with Gasteiger partial charge in [-0.05, 0) is 47.4 Å². The zero-order valence-electron chi connectivity index (χ0n) is 20.6. The summed E-state index contributed by atoms with van der Waals surface area (Å²) in [6, 6.07) is 22.8. The fourth-order valence-electron chi connectivity index (χ4n) is 4.95. The minimum Gasteiger partial charge on any atom is -0.353 e. The van der Waals surface area contributed by atoms with Crippen LogP contribution in [0.4, 0.5) is 10.2 Å². The van der Waals surface area contributed by atoms with Gasteiger partial charge in [-0.3, -0.25) is 4.79 Å². The molecule has 5 rings (SSSR count). The van der Waals surface area contributed by atoms with Crippen molar-refractivity contribution in [3.8, 4) is 0 Å². The summed E-state index contributed by atoms with van der Waals surface area (Å²) in [6.45, 7) is 5.27. The molecular weight excluding hydrogens is 451 g/mol. The Bertz CT molecular complexity index is 1230. The van der Waals surface area contributed by atoms with Gasteiger partial charge in [0.15, 0.2) is 0 Å². The summed E-state index contributed by atoms with van der Waals surface area (Å²) in [6.07, 6.45) is 7.05. The molecule has 0 spiro atoms. The molecule has 0 bridgehead atoms.